The van der Waals surface area contributed by atoms with Crippen LogP contribution in [0.15, 0.2) is 71.9 Å². The average Bonchev–Trinajstić information content (AvgIpc) is 3.50. The molecule has 3 heterocycles. The van der Waals surface area contributed by atoms with Gasteiger partial charge in [-0.05, 0) is 34.4 Å². The molecular formula is C23H21N7S. The monoisotopic (exact) mass is 427 g/mol. The van der Waals surface area contributed by atoms with E-state index in [0.717, 1.165) is 51.7 Å². The van der Waals surface area contributed by atoms with Gasteiger partial charge in [0, 0.05) is 23.1 Å². The Labute approximate surface area is 183 Å². The number of thioether (sulfide) groups is 1. The number of tetrazole rings is 1. The Kier molecular flexibility index (Phi) is 5.45. The van der Waals surface area contributed by atoms with Crippen molar-refractivity contribution in [2.45, 2.75) is 30.5 Å². The van der Waals surface area contributed by atoms with Crippen molar-refractivity contribution in [3.63, 3.8) is 0 Å². The van der Waals surface area contributed by atoms with E-state index in [-0.39, 0.29) is 0 Å². The summed E-state index contributed by atoms with van der Waals surface area (Å²) < 4.78 is 1.92. The third-order valence-electron chi connectivity index (χ3n) is 5.05. The predicted octanol–water partition coefficient (Wildman–Crippen LogP) is 4.82. The minimum absolute atomic E-state index is 0.596. The van der Waals surface area contributed by atoms with E-state index in [4.69, 9.17) is 0 Å². The van der Waals surface area contributed by atoms with Gasteiger partial charge in [0.1, 0.15) is 5.03 Å². The number of rotatable bonds is 7. The van der Waals surface area contributed by atoms with Crippen LogP contribution in [0.1, 0.15) is 24.6 Å². The van der Waals surface area contributed by atoms with Crippen molar-refractivity contribution in [1.82, 2.24) is 35.2 Å². The first-order chi connectivity index (χ1) is 15.3. The molecule has 2 aromatic carbocycles. The first-order valence-corrected chi connectivity index (χ1v) is 11.2. The second-order valence-electron chi connectivity index (χ2n) is 7.20. The van der Waals surface area contributed by atoms with Crippen LogP contribution in [-0.4, -0.2) is 35.2 Å². The molecule has 0 saturated heterocycles. The molecular weight excluding hydrogens is 406 g/mol. The average molecular weight is 428 g/mol. The molecule has 154 valence electrons. The molecule has 0 saturated carbocycles. The zero-order valence-electron chi connectivity index (χ0n) is 17.1. The lowest BCUT2D eigenvalue weighted by atomic mass is 9.98. The maximum Gasteiger partial charge on any atom is 0.205 e. The van der Waals surface area contributed by atoms with Gasteiger partial charge in [-0.25, -0.2) is 9.50 Å². The number of aryl methyl sites for hydroxylation is 1. The molecule has 0 aliphatic heterocycles. The summed E-state index contributed by atoms with van der Waals surface area (Å²) in [5, 5.41) is 20.0. The summed E-state index contributed by atoms with van der Waals surface area (Å²) in [5.74, 6) is 1.45. The molecule has 5 aromatic rings. The van der Waals surface area contributed by atoms with Crippen LogP contribution in [0.4, 0.5) is 0 Å². The highest BCUT2D eigenvalue weighted by atomic mass is 32.2. The van der Waals surface area contributed by atoms with Gasteiger partial charge in [-0.3, -0.25) is 0 Å². The first kappa shape index (κ1) is 19.4. The lowest BCUT2D eigenvalue weighted by Crippen LogP contribution is -1.99. The van der Waals surface area contributed by atoms with Crippen LogP contribution in [0.5, 0.6) is 0 Å². The van der Waals surface area contributed by atoms with E-state index in [9.17, 15) is 0 Å². The van der Waals surface area contributed by atoms with Gasteiger partial charge in [0.25, 0.3) is 0 Å². The Morgan fingerprint density at radius 2 is 1.84 bits per heavy atom. The molecule has 3 aromatic heterocycles. The number of nitrogens with zero attached hydrogens (tertiary/aromatic N) is 6. The van der Waals surface area contributed by atoms with E-state index in [1.807, 2.05) is 28.8 Å². The van der Waals surface area contributed by atoms with E-state index >= 15 is 0 Å². The maximum atomic E-state index is 4.69. The Balaban J connectivity index is 1.37. The fraction of sp³-hybridized carbons (Fsp3) is 0.174. The number of nitrogens with one attached hydrogen (secondary N) is 1. The summed E-state index contributed by atoms with van der Waals surface area (Å²) in [5.41, 5.74) is 6.44. The minimum Gasteiger partial charge on any atom is -0.234 e. The van der Waals surface area contributed by atoms with Gasteiger partial charge in [-0.2, -0.15) is 10.3 Å². The number of hydrogen-bond donors (Lipinski definition) is 1. The molecule has 0 aliphatic rings. The summed E-state index contributed by atoms with van der Waals surface area (Å²) in [6.45, 7) is 2.17. The van der Waals surface area contributed by atoms with Crippen molar-refractivity contribution in [1.29, 1.82) is 0 Å². The zero-order valence-corrected chi connectivity index (χ0v) is 17.9. The lowest BCUT2D eigenvalue weighted by Gasteiger charge is -2.09. The number of benzene rings is 2. The first-order valence-electron chi connectivity index (χ1n) is 10.2. The molecule has 0 unspecified atom stereocenters. The molecule has 7 nitrogen and oxygen atoms in total. The Bertz CT molecular complexity index is 1290. The quantitative estimate of drug-likeness (QED) is 0.296. The Morgan fingerprint density at radius 3 is 2.61 bits per heavy atom. The largest absolute Gasteiger partial charge is 0.234 e. The summed E-state index contributed by atoms with van der Waals surface area (Å²) >= 11 is 1.78. The van der Waals surface area contributed by atoms with Gasteiger partial charge in [0.15, 0.2) is 5.65 Å². The number of aromatic amines is 1. The number of hydrogen-bond acceptors (Lipinski definition) is 6. The summed E-state index contributed by atoms with van der Waals surface area (Å²) in [6.07, 6.45) is 3.86. The van der Waals surface area contributed by atoms with Crippen molar-refractivity contribution >= 4 is 17.4 Å². The number of H-pyrrole nitrogens is 1. The third-order valence-corrected chi connectivity index (χ3v) is 6.12. The molecule has 0 atom stereocenters. The van der Waals surface area contributed by atoms with Crippen molar-refractivity contribution < 1.29 is 0 Å². The molecule has 0 aliphatic carbocycles. The van der Waals surface area contributed by atoms with E-state index in [2.05, 4.69) is 74.0 Å². The molecule has 0 fully saturated rings. The summed E-state index contributed by atoms with van der Waals surface area (Å²) in [4.78, 5) is 4.69. The summed E-state index contributed by atoms with van der Waals surface area (Å²) in [7, 11) is 0. The fourth-order valence-electron chi connectivity index (χ4n) is 3.56. The Hall–Kier alpha value is -3.52. The van der Waals surface area contributed by atoms with Crippen molar-refractivity contribution in [3.8, 4) is 22.5 Å². The van der Waals surface area contributed by atoms with Gasteiger partial charge < -0.3 is 0 Å². The van der Waals surface area contributed by atoms with E-state index < -0.39 is 0 Å². The van der Waals surface area contributed by atoms with Crippen LogP contribution in [0.25, 0.3) is 28.2 Å². The highest BCUT2D eigenvalue weighted by Gasteiger charge is 2.11. The predicted molar refractivity (Wildman–Crippen MR) is 122 cm³/mol. The second-order valence-corrected chi connectivity index (χ2v) is 8.20. The molecule has 8 heteroatoms. The summed E-state index contributed by atoms with van der Waals surface area (Å²) in [6, 6.07) is 20.8. The second kappa shape index (κ2) is 8.69. The van der Waals surface area contributed by atoms with E-state index in [0.29, 0.717) is 5.82 Å². The van der Waals surface area contributed by atoms with Crippen LogP contribution < -0.4 is 0 Å². The highest BCUT2D eigenvalue weighted by Crippen LogP contribution is 2.31. The molecule has 5 rings (SSSR count). The molecule has 0 bridgehead atoms. The Morgan fingerprint density at radius 1 is 1.00 bits per heavy atom. The molecule has 0 amide bonds. The SMILES string of the molecule is CCCc1cc(SCc2ccc(-c3ccccc3-c3nn[nH]n3)cc2)n2nccc2n1. The molecule has 0 spiro atoms. The van der Waals surface area contributed by atoms with Crippen LogP contribution in [0, 0.1) is 0 Å². The molecule has 0 radical (unpaired) electrons. The van der Waals surface area contributed by atoms with Gasteiger partial charge in [-0.15, -0.1) is 22.0 Å². The standard InChI is InChI=1S/C23H21N7S/c1-2-5-18-14-22(30-21(25-18)12-13-24-30)31-15-16-8-10-17(11-9-16)19-6-3-4-7-20(19)23-26-28-29-27-23/h3-4,6-14H,2,5,15H2,1H3,(H,26,27,28,29). The topological polar surface area (TPSA) is 84.7 Å². The molecule has 31 heavy (non-hydrogen) atoms. The fourth-order valence-corrected chi connectivity index (χ4v) is 4.55. The smallest absolute Gasteiger partial charge is 0.205 e. The zero-order chi connectivity index (χ0) is 21.0. The normalized spacial score (nSPS) is 11.3. The lowest BCUT2D eigenvalue weighted by molar-refractivity contribution is 0.803. The van der Waals surface area contributed by atoms with Gasteiger partial charge in [0.05, 0.1) is 6.20 Å². The van der Waals surface area contributed by atoms with Crippen LogP contribution >= 0.6 is 11.8 Å². The third kappa shape index (κ3) is 4.06. The number of fused-ring (bicyclic) bond motifs is 1. The van der Waals surface area contributed by atoms with Crippen LogP contribution in [0.2, 0.25) is 0 Å². The van der Waals surface area contributed by atoms with Crippen LogP contribution in [-0.2, 0) is 12.2 Å². The van der Waals surface area contributed by atoms with E-state index in [1.165, 1.54) is 5.56 Å². The highest BCUT2D eigenvalue weighted by molar-refractivity contribution is 7.98. The van der Waals surface area contributed by atoms with Gasteiger partial charge >= 0.3 is 0 Å². The van der Waals surface area contributed by atoms with Crippen LogP contribution in [0.3, 0.4) is 0 Å². The van der Waals surface area contributed by atoms with E-state index in [1.54, 1.807) is 18.0 Å². The maximum absolute atomic E-state index is 4.69. The van der Waals surface area contributed by atoms with Crippen molar-refractivity contribution in [2.24, 2.45) is 0 Å². The van der Waals surface area contributed by atoms with Crippen molar-refractivity contribution in [2.75, 3.05) is 0 Å². The molecule has 1 N–H and O–H groups in total. The minimum atomic E-state index is 0.596. The van der Waals surface area contributed by atoms with Gasteiger partial charge in [0.2, 0.25) is 5.82 Å². The number of aromatic nitrogens is 7. The van der Waals surface area contributed by atoms with Gasteiger partial charge in [-0.1, -0.05) is 61.9 Å². The van der Waals surface area contributed by atoms with Crippen molar-refractivity contribution in [3.05, 3.63) is 78.1 Å².